The lowest BCUT2D eigenvalue weighted by Crippen LogP contribution is -2.27. The second-order valence-corrected chi connectivity index (χ2v) is 6.23. The number of hydrogen-bond acceptors (Lipinski definition) is 3. The van der Waals surface area contributed by atoms with Gasteiger partial charge in [0.15, 0.2) is 5.69 Å². The highest BCUT2D eigenvalue weighted by atomic mass is 35.5. The van der Waals surface area contributed by atoms with Crippen LogP contribution >= 0.6 is 11.6 Å². The van der Waals surface area contributed by atoms with E-state index in [1.807, 2.05) is 0 Å². The first-order valence-corrected chi connectivity index (χ1v) is 8.21. The lowest BCUT2D eigenvalue weighted by Gasteiger charge is -2.14. The van der Waals surface area contributed by atoms with Crippen molar-refractivity contribution in [3.8, 4) is 11.5 Å². The molecule has 0 bridgehead atoms. The Morgan fingerprint density at radius 3 is 2.54 bits per heavy atom. The van der Waals surface area contributed by atoms with Crippen LogP contribution in [0, 0.1) is 18.6 Å². The molecule has 0 saturated heterocycles. The van der Waals surface area contributed by atoms with Crippen LogP contribution in [0.5, 0.6) is 0 Å². The van der Waals surface area contributed by atoms with E-state index >= 15 is 0 Å². The summed E-state index contributed by atoms with van der Waals surface area (Å²) >= 11 is 6.08. The van der Waals surface area contributed by atoms with Gasteiger partial charge in [0.25, 0.3) is 5.91 Å². The van der Waals surface area contributed by atoms with Crippen molar-refractivity contribution < 1.29 is 18.0 Å². The summed E-state index contributed by atoms with van der Waals surface area (Å²) in [5.41, 5.74) is 0.852. The molecule has 0 saturated carbocycles. The summed E-state index contributed by atoms with van der Waals surface area (Å²) in [6.45, 7) is 2.97. The molecule has 1 aromatic heterocycles. The third kappa shape index (κ3) is 3.60. The first-order chi connectivity index (χ1) is 12.4. The van der Waals surface area contributed by atoms with Gasteiger partial charge in [0.05, 0.1) is 16.6 Å². The minimum atomic E-state index is -0.663. The molecule has 0 aliphatic heterocycles. The van der Waals surface area contributed by atoms with Crippen molar-refractivity contribution >= 4 is 17.5 Å². The smallest absolute Gasteiger partial charge is 0.273 e. The van der Waals surface area contributed by atoms with Gasteiger partial charge in [0.2, 0.25) is 5.89 Å². The first kappa shape index (κ1) is 18.1. The molecule has 134 valence electrons. The van der Waals surface area contributed by atoms with E-state index in [4.69, 9.17) is 16.0 Å². The van der Waals surface area contributed by atoms with E-state index < -0.39 is 23.6 Å². The molecule has 0 spiro atoms. The van der Waals surface area contributed by atoms with Gasteiger partial charge in [-0.25, -0.2) is 13.8 Å². The minimum Gasteiger partial charge on any atom is -0.444 e. The Bertz CT molecular complexity index is 949. The van der Waals surface area contributed by atoms with Crippen LogP contribution in [-0.2, 0) is 0 Å². The summed E-state index contributed by atoms with van der Waals surface area (Å²) in [7, 11) is 0. The zero-order valence-corrected chi connectivity index (χ0v) is 14.8. The molecular formula is C19H15ClF2N2O2. The van der Waals surface area contributed by atoms with Crippen molar-refractivity contribution in [3.05, 3.63) is 76.1 Å². The van der Waals surface area contributed by atoms with E-state index in [0.29, 0.717) is 16.1 Å². The van der Waals surface area contributed by atoms with Crippen molar-refractivity contribution in [2.75, 3.05) is 0 Å². The van der Waals surface area contributed by atoms with E-state index in [1.54, 1.807) is 31.2 Å². The maximum atomic E-state index is 13.7. The summed E-state index contributed by atoms with van der Waals surface area (Å²) in [5.74, 6) is -1.64. The van der Waals surface area contributed by atoms with Gasteiger partial charge in [-0.05, 0) is 43.7 Å². The summed E-state index contributed by atoms with van der Waals surface area (Å²) < 4.78 is 32.7. The molecule has 1 atom stereocenters. The highest BCUT2D eigenvalue weighted by Crippen LogP contribution is 2.27. The highest BCUT2D eigenvalue weighted by molar-refractivity contribution is 6.33. The molecule has 3 aromatic rings. The number of hydrogen-bond donors (Lipinski definition) is 1. The summed E-state index contributed by atoms with van der Waals surface area (Å²) in [6.07, 6.45) is 1.21. The number of nitrogens with zero attached hydrogens (tertiary/aromatic N) is 1. The van der Waals surface area contributed by atoms with Gasteiger partial charge < -0.3 is 9.73 Å². The molecule has 7 heteroatoms. The Hall–Kier alpha value is -2.73. The van der Waals surface area contributed by atoms with E-state index in [2.05, 4.69) is 10.3 Å². The van der Waals surface area contributed by atoms with Crippen molar-refractivity contribution in [2.24, 2.45) is 0 Å². The predicted octanol–water partition coefficient (Wildman–Crippen LogP) is 5.07. The standard InChI is InChI=1S/C19H15ClF2N2O2/c1-10-15(21)7-12(8-16(10)22)11(2)23-18(25)17-9-26-19(24-17)13-5-3-4-6-14(13)20/h3-9,11H,1-2H3,(H,23,25)/t11-/m1/s1. The topological polar surface area (TPSA) is 55.1 Å². The van der Waals surface area contributed by atoms with Gasteiger partial charge in [-0.2, -0.15) is 0 Å². The van der Waals surface area contributed by atoms with Gasteiger partial charge in [-0.1, -0.05) is 23.7 Å². The number of carbonyl (C=O) groups excluding carboxylic acids is 1. The average Bonchev–Trinajstić information content (AvgIpc) is 3.09. The molecule has 0 radical (unpaired) electrons. The molecule has 1 N–H and O–H groups in total. The third-order valence-corrected chi connectivity index (χ3v) is 4.32. The van der Waals surface area contributed by atoms with Crippen LogP contribution in [0.2, 0.25) is 5.02 Å². The number of benzene rings is 2. The predicted molar refractivity (Wildman–Crippen MR) is 93.9 cm³/mol. The third-order valence-electron chi connectivity index (χ3n) is 3.99. The fourth-order valence-corrected chi connectivity index (χ4v) is 2.62. The van der Waals surface area contributed by atoms with Gasteiger partial charge in [-0.3, -0.25) is 4.79 Å². The molecule has 0 aliphatic carbocycles. The number of carbonyl (C=O) groups is 1. The van der Waals surface area contributed by atoms with Gasteiger partial charge in [-0.15, -0.1) is 0 Å². The van der Waals surface area contributed by atoms with Crippen molar-refractivity contribution in [2.45, 2.75) is 19.9 Å². The van der Waals surface area contributed by atoms with Gasteiger partial charge >= 0.3 is 0 Å². The number of amides is 1. The monoisotopic (exact) mass is 376 g/mol. The normalized spacial score (nSPS) is 12.0. The first-order valence-electron chi connectivity index (χ1n) is 7.83. The van der Waals surface area contributed by atoms with Crippen LogP contribution in [0.25, 0.3) is 11.5 Å². The van der Waals surface area contributed by atoms with Crippen molar-refractivity contribution in [1.29, 1.82) is 0 Å². The van der Waals surface area contributed by atoms with E-state index in [9.17, 15) is 13.6 Å². The van der Waals surface area contributed by atoms with E-state index in [-0.39, 0.29) is 17.1 Å². The second-order valence-electron chi connectivity index (χ2n) is 5.82. The maximum absolute atomic E-state index is 13.7. The SMILES string of the molecule is Cc1c(F)cc([C@@H](C)NC(=O)c2coc(-c3ccccc3Cl)n2)cc1F. The Kier molecular flexibility index (Phi) is 5.04. The summed E-state index contributed by atoms with van der Waals surface area (Å²) in [5, 5.41) is 3.08. The van der Waals surface area contributed by atoms with E-state index in [0.717, 1.165) is 0 Å². The summed E-state index contributed by atoms with van der Waals surface area (Å²) in [4.78, 5) is 16.5. The van der Waals surface area contributed by atoms with Gasteiger partial charge in [0, 0.05) is 5.56 Å². The molecule has 2 aromatic carbocycles. The number of halogens is 3. The zero-order chi connectivity index (χ0) is 18.8. The molecule has 26 heavy (non-hydrogen) atoms. The molecule has 1 amide bonds. The molecule has 0 unspecified atom stereocenters. The second kappa shape index (κ2) is 7.25. The van der Waals surface area contributed by atoms with Crippen LogP contribution in [-0.4, -0.2) is 10.9 Å². The van der Waals surface area contributed by atoms with Crippen LogP contribution in [0.3, 0.4) is 0 Å². The average molecular weight is 377 g/mol. The fraction of sp³-hybridized carbons (Fsp3) is 0.158. The number of aromatic nitrogens is 1. The van der Waals surface area contributed by atoms with Crippen LogP contribution in [0.4, 0.5) is 8.78 Å². The van der Waals surface area contributed by atoms with Crippen LogP contribution in [0.15, 0.2) is 47.1 Å². The number of oxazole rings is 1. The maximum Gasteiger partial charge on any atom is 0.273 e. The summed E-state index contributed by atoms with van der Waals surface area (Å²) in [6, 6.07) is 8.72. The van der Waals surface area contributed by atoms with Crippen LogP contribution in [0.1, 0.15) is 34.6 Å². The Morgan fingerprint density at radius 2 is 1.88 bits per heavy atom. The van der Waals surface area contributed by atoms with Crippen LogP contribution < -0.4 is 5.32 Å². The zero-order valence-electron chi connectivity index (χ0n) is 14.0. The van der Waals surface area contributed by atoms with Crippen molar-refractivity contribution in [3.63, 3.8) is 0 Å². The highest BCUT2D eigenvalue weighted by Gasteiger charge is 2.19. The number of rotatable bonds is 4. The largest absolute Gasteiger partial charge is 0.444 e. The molecule has 4 nitrogen and oxygen atoms in total. The quantitative estimate of drug-likeness (QED) is 0.691. The molecule has 3 rings (SSSR count). The Morgan fingerprint density at radius 1 is 1.23 bits per heavy atom. The molecule has 0 fully saturated rings. The lowest BCUT2D eigenvalue weighted by atomic mass is 10.1. The van der Waals surface area contributed by atoms with Gasteiger partial charge in [0.1, 0.15) is 17.9 Å². The molecule has 1 heterocycles. The molecular weight excluding hydrogens is 362 g/mol. The Balaban J connectivity index is 1.78. The fourth-order valence-electron chi connectivity index (χ4n) is 2.41. The lowest BCUT2D eigenvalue weighted by molar-refractivity contribution is 0.0934. The van der Waals surface area contributed by atoms with Crippen molar-refractivity contribution in [1.82, 2.24) is 10.3 Å². The Labute approximate surface area is 153 Å². The minimum absolute atomic E-state index is 0.0415. The number of nitrogens with one attached hydrogen (secondary N) is 1. The van der Waals surface area contributed by atoms with E-state index in [1.165, 1.54) is 25.3 Å². The molecule has 0 aliphatic rings.